The van der Waals surface area contributed by atoms with Gasteiger partial charge in [0.1, 0.15) is 6.10 Å². The number of likely N-dealkylation sites (N-methyl/N-ethyl adjacent to an activating group) is 1. The maximum Gasteiger partial charge on any atom is 0.216 e. The number of nitrogens with zero attached hydrogens (tertiary/aromatic N) is 2. The Morgan fingerprint density at radius 3 is 2.56 bits per heavy atom. The Hall–Kier alpha value is -1.55. The van der Waals surface area contributed by atoms with E-state index in [1.54, 1.807) is 0 Å². The van der Waals surface area contributed by atoms with E-state index >= 15 is 0 Å². The first-order chi connectivity index (χ1) is 8.72. The van der Waals surface area contributed by atoms with Crippen LogP contribution in [0.1, 0.15) is 19.4 Å². The van der Waals surface area contributed by atoms with E-state index in [0.29, 0.717) is 0 Å². The van der Waals surface area contributed by atoms with Crippen LogP contribution in [0.2, 0.25) is 0 Å². The first-order valence-electron chi connectivity index (χ1n) is 6.52. The lowest BCUT2D eigenvalue weighted by molar-refractivity contribution is 0.154. The molecule has 0 spiro atoms. The van der Waals surface area contributed by atoms with Crippen LogP contribution < -0.4 is 5.73 Å². The molecule has 4 heteroatoms. The van der Waals surface area contributed by atoms with Crippen LogP contribution in [0.25, 0.3) is 0 Å². The minimum absolute atomic E-state index is 0.178. The summed E-state index contributed by atoms with van der Waals surface area (Å²) in [7, 11) is 0. The van der Waals surface area contributed by atoms with Gasteiger partial charge in [0.2, 0.25) is 5.90 Å². The lowest BCUT2D eigenvalue weighted by atomic mass is 10.2. The first kappa shape index (κ1) is 12.9. The van der Waals surface area contributed by atoms with Crippen molar-refractivity contribution >= 4 is 11.6 Å². The number of benzene rings is 1. The van der Waals surface area contributed by atoms with Crippen LogP contribution in [0.15, 0.2) is 29.3 Å². The Kier molecular flexibility index (Phi) is 4.20. The average Bonchev–Trinajstić information content (AvgIpc) is 2.85. The number of rotatable bonds is 5. The number of nitrogens with two attached hydrogens (primary N) is 1. The molecular weight excluding hydrogens is 226 g/mol. The third kappa shape index (κ3) is 3.01. The number of anilines is 1. The van der Waals surface area contributed by atoms with Gasteiger partial charge in [-0.15, -0.1) is 0 Å². The van der Waals surface area contributed by atoms with Gasteiger partial charge in [0, 0.05) is 17.8 Å². The van der Waals surface area contributed by atoms with Crippen LogP contribution in [0.3, 0.4) is 0 Å². The van der Waals surface area contributed by atoms with Gasteiger partial charge in [0.15, 0.2) is 0 Å². The van der Waals surface area contributed by atoms with Crippen molar-refractivity contribution in [3.63, 3.8) is 0 Å². The summed E-state index contributed by atoms with van der Waals surface area (Å²) in [6.07, 6.45) is 0.178. The second kappa shape index (κ2) is 5.87. The Balaban J connectivity index is 1.93. The standard InChI is InChI=1S/C14H21N3O/c1-3-17(4-2)10-13-9-16-14(18-13)11-5-7-12(15)8-6-11/h5-8,13H,3-4,9-10,15H2,1-2H3/t13-/m0/s1. The predicted molar refractivity (Wildman–Crippen MR) is 74.9 cm³/mol. The van der Waals surface area contributed by atoms with Crippen molar-refractivity contribution in [2.75, 3.05) is 31.9 Å². The van der Waals surface area contributed by atoms with E-state index in [1.807, 2.05) is 24.3 Å². The van der Waals surface area contributed by atoms with Crippen LogP contribution in [-0.2, 0) is 4.74 Å². The minimum atomic E-state index is 0.178. The SMILES string of the molecule is CCN(CC)C[C@@H]1CN=C(c2ccc(N)cc2)O1. The molecule has 1 aliphatic rings. The smallest absolute Gasteiger partial charge is 0.216 e. The molecule has 0 aliphatic carbocycles. The maximum absolute atomic E-state index is 5.89. The predicted octanol–water partition coefficient (Wildman–Crippen LogP) is 1.76. The molecule has 0 saturated carbocycles. The van der Waals surface area contributed by atoms with Gasteiger partial charge in [0.25, 0.3) is 0 Å². The third-order valence-corrected chi connectivity index (χ3v) is 3.23. The zero-order valence-corrected chi connectivity index (χ0v) is 11.1. The van der Waals surface area contributed by atoms with Crippen molar-refractivity contribution in [3.05, 3.63) is 29.8 Å². The highest BCUT2D eigenvalue weighted by Crippen LogP contribution is 2.14. The number of hydrogen-bond acceptors (Lipinski definition) is 4. The molecule has 4 nitrogen and oxygen atoms in total. The summed E-state index contributed by atoms with van der Waals surface area (Å²) in [5.41, 5.74) is 7.43. The van der Waals surface area contributed by atoms with Crippen molar-refractivity contribution in [3.8, 4) is 0 Å². The molecule has 1 heterocycles. The lowest BCUT2D eigenvalue weighted by Gasteiger charge is -2.21. The highest BCUT2D eigenvalue weighted by molar-refractivity contribution is 5.95. The molecule has 1 atom stereocenters. The van der Waals surface area contributed by atoms with E-state index in [0.717, 1.165) is 43.3 Å². The van der Waals surface area contributed by atoms with Crippen molar-refractivity contribution in [2.24, 2.45) is 4.99 Å². The monoisotopic (exact) mass is 247 g/mol. The zero-order chi connectivity index (χ0) is 13.0. The Morgan fingerprint density at radius 2 is 1.94 bits per heavy atom. The first-order valence-corrected chi connectivity index (χ1v) is 6.52. The van der Waals surface area contributed by atoms with Gasteiger partial charge in [-0.2, -0.15) is 0 Å². The van der Waals surface area contributed by atoms with E-state index in [2.05, 4.69) is 23.7 Å². The highest BCUT2D eigenvalue weighted by atomic mass is 16.5. The van der Waals surface area contributed by atoms with Gasteiger partial charge >= 0.3 is 0 Å². The van der Waals surface area contributed by atoms with Crippen LogP contribution in [-0.4, -0.2) is 43.1 Å². The summed E-state index contributed by atoms with van der Waals surface area (Å²) in [6, 6.07) is 7.65. The second-order valence-corrected chi connectivity index (χ2v) is 4.49. The summed E-state index contributed by atoms with van der Waals surface area (Å²) >= 11 is 0. The van der Waals surface area contributed by atoms with Crippen LogP contribution in [0, 0.1) is 0 Å². The van der Waals surface area contributed by atoms with Gasteiger partial charge in [-0.25, -0.2) is 4.99 Å². The van der Waals surface area contributed by atoms with Gasteiger partial charge in [-0.1, -0.05) is 13.8 Å². The van der Waals surface area contributed by atoms with Crippen molar-refractivity contribution in [1.29, 1.82) is 0 Å². The van der Waals surface area contributed by atoms with Gasteiger partial charge in [0.05, 0.1) is 6.54 Å². The molecule has 0 unspecified atom stereocenters. The molecule has 98 valence electrons. The molecule has 0 aromatic heterocycles. The Bertz CT molecular complexity index is 410. The quantitative estimate of drug-likeness (QED) is 0.807. The van der Waals surface area contributed by atoms with Crippen LogP contribution >= 0.6 is 0 Å². The van der Waals surface area contributed by atoms with Gasteiger partial charge in [-0.3, -0.25) is 0 Å². The Morgan fingerprint density at radius 1 is 1.28 bits per heavy atom. The lowest BCUT2D eigenvalue weighted by Crippen LogP contribution is -2.34. The summed E-state index contributed by atoms with van der Waals surface area (Å²) in [6.45, 7) is 8.12. The molecule has 2 rings (SSSR count). The summed E-state index contributed by atoms with van der Waals surface area (Å²) in [5.74, 6) is 0.743. The highest BCUT2D eigenvalue weighted by Gasteiger charge is 2.22. The molecule has 2 N–H and O–H groups in total. The molecule has 0 amide bonds. The largest absolute Gasteiger partial charge is 0.471 e. The van der Waals surface area contributed by atoms with E-state index in [1.165, 1.54) is 0 Å². The van der Waals surface area contributed by atoms with E-state index in [4.69, 9.17) is 10.5 Å². The molecule has 0 radical (unpaired) electrons. The summed E-state index contributed by atoms with van der Waals surface area (Å²) in [4.78, 5) is 6.82. The van der Waals surface area contributed by atoms with Gasteiger partial charge in [-0.05, 0) is 37.4 Å². The minimum Gasteiger partial charge on any atom is -0.471 e. The summed E-state index contributed by atoms with van der Waals surface area (Å²) < 4.78 is 5.89. The molecule has 0 fully saturated rings. The molecular formula is C14H21N3O. The van der Waals surface area contributed by atoms with Crippen molar-refractivity contribution in [1.82, 2.24) is 4.90 Å². The van der Waals surface area contributed by atoms with Crippen LogP contribution in [0.4, 0.5) is 5.69 Å². The normalized spacial score (nSPS) is 18.8. The maximum atomic E-state index is 5.89. The number of aliphatic imine (C=N–C) groups is 1. The molecule has 0 bridgehead atoms. The van der Waals surface area contributed by atoms with E-state index in [9.17, 15) is 0 Å². The fourth-order valence-corrected chi connectivity index (χ4v) is 2.07. The van der Waals surface area contributed by atoms with Crippen molar-refractivity contribution in [2.45, 2.75) is 20.0 Å². The second-order valence-electron chi connectivity index (χ2n) is 4.49. The average molecular weight is 247 g/mol. The van der Waals surface area contributed by atoms with Crippen LogP contribution in [0.5, 0.6) is 0 Å². The van der Waals surface area contributed by atoms with Gasteiger partial charge < -0.3 is 15.4 Å². The third-order valence-electron chi connectivity index (χ3n) is 3.23. The topological polar surface area (TPSA) is 50.8 Å². The number of nitrogen functional groups attached to an aromatic ring is 1. The molecule has 0 saturated heterocycles. The van der Waals surface area contributed by atoms with Crippen molar-refractivity contribution < 1.29 is 4.74 Å². The molecule has 18 heavy (non-hydrogen) atoms. The fraction of sp³-hybridized carbons (Fsp3) is 0.500. The summed E-state index contributed by atoms with van der Waals surface area (Å²) in [5, 5.41) is 0. The zero-order valence-electron chi connectivity index (χ0n) is 11.1. The molecule has 1 aromatic rings. The molecule has 1 aliphatic heterocycles. The van der Waals surface area contributed by atoms with E-state index in [-0.39, 0.29) is 6.10 Å². The number of hydrogen-bond donors (Lipinski definition) is 1. The molecule has 1 aromatic carbocycles. The number of ether oxygens (including phenoxy) is 1. The fourth-order valence-electron chi connectivity index (χ4n) is 2.07. The van der Waals surface area contributed by atoms with E-state index < -0.39 is 0 Å². The Labute approximate surface area is 108 Å².